The molecule has 0 N–H and O–H groups in total. The molecule has 134 valence electrons. The minimum Gasteiger partial charge on any atom is -0.344 e. The molecule has 0 aromatic carbocycles. The molecule has 1 fully saturated rings. The second-order valence-electron chi connectivity index (χ2n) is 6.60. The first-order valence-corrected chi connectivity index (χ1v) is 8.36. The van der Waals surface area contributed by atoms with Crippen LogP contribution in [0.2, 0.25) is 0 Å². The van der Waals surface area contributed by atoms with Gasteiger partial charge in [0.2, 0.25) is 11.8 Å². The molecule has 2 aromatic rings. The Hall–Kier alpha value is -2.64. The molecule has 1 aliphatic heterocycles. The van der Waals surface area contributed by atoms with Crippen molar-refractivity contribution >= 4 is 11.8 Å². The lowest BCUT2D eigenvalue weighted by atomic mass is 9.93. The standard InChI is InChI=1S/C17H24N6O2/c1-12-14(11-19-22(12)4)16-13(10-15(24)21(16)3)17(25)20(2)8-9-23-7-5-6-18-23/h5-7,11,13,16H,8-10H2,1-4H3/t13-,16-/m0/s1. The molecule has 8 nitrogen and oxygen atoms in total. The summed E-state index contributed by atoms with van der Waals surface area (Å²) in [7, 11) is 5.40. The zero-order valence-electron chi connectivity index (χ0n) is 15.1. The number of aryl methyl sites for hydroxylation is 1. The summed E-state index contributed by atoms with van der Waals surface area (Å²) in [5, 5.41) is 8.42. The average molecular weight is 344 g/mol. The predicted octanol–water partition coefficient (Wildman–Crippen LogP) is 0.603. The van der Waals surface area contributed by atoms with Gasteiger partial charge in [0, 0.05) is 57.8 Å². The maximum atomic E-state index is 13.0. The molecule has 1 saturated heterocycles. The number of amides is 2. The zero-order chi connectivity index (χ0) is 18.1. The largest absolute Gasteiger partial charge is 0.344 e. The van der Waals surface area contributed by atoms with Crippen LogP contribution in [0, 0.1) is 12.8 Å². The molecule has 2 aromatic heterocycles. The van der Waals surface area contributed by atoms with E-state index in [2.05, 4.69) is 10.2 Å². The van der Waals surface area contributed by atoms with Crippen molar-refractivity contribution < 1.29 is 9.59 Å². The van der Waals surface area contributed by atoms with E-state index in [1.165, 1.54) is 0 Å². The Kier molecular flexibility index (Phi) is 4.61. The van der Waals surface area contributed by atoms with Crippen molar-refractivity contribution in [2.24, 2.45) is 13.0 Å². The Labute approximate surface area is 147 Å². The zero-order valence-corrected chi connectivity index (χ0v) is 15.1. The Bertz CT molecular complexity index is 766. The topological polar surface area (TPSA) is 76.3 Å². The fourth-order valence-corrected chi connectivity index (χ4v) is 3.40. The van der Waals surface area contributed by atoms with Gasteiger partial charge < -0.3 is 9.80 Å². The molecule has 25 heavy (non-hydrogen) atoms. The third kappa shape index (κ3) is 3.16. The van der Waals surface area contributed by atoms with E-state index >= 15 is 0 Å². The number of likely N-dealkylation sites (N-methyl/N-ethyl adjacent to an activating group) is 1. The average Bonchev–Trinajstić information content (AvgIpc) is 3.29. The van der Waals surface area contributed by atoms with E-state index in [0.717, 1.165) is 11.3 Å². The lowest BCUT2D eigenvalue weighted by molar-refractivity contribution is -0.135. The number of rotatable bonds is 5. The normalized spacial score (nSPS) is 20.3. The van der Waals surface area contributed by atoms with Crippen LogP contribution in [-0.4, -0.2) is 61.8 Å². The van der Waals surface area contributed by atoms with Gasteiger partial charge in [0.1, 0.15) is 0 Å². The Morgan fingerprint density at radius 2 is 2.12 bits per heavy atom. The van der Waals surface area contributed by atoms with Gasteiger partial charge in [-0.3, -0.25) is 19.0 Å². The summed E-state index contributed by atoms with van der Waals surface area (Å²) in [6.07, 6.45) is 5.58. The van der Waals surface area contributed by atoms with Gasteiger partial charge in [-0.05, 0) is 13.0 Å². The van der Waals surface area contributed by atoms with Crippen molar-refractivity contribution in [3.8, 4) is 0 Å². The number of carbonyl (C=O) groups is 2. The molecule has 2 amide bonds. The Balaban J connectivity index is 1.77. The van der Waals surface area contributed by atoms with Gasteiger partial charge in [-0.25, -0.2) is 0 Å². The summed E-state index contributed by atoms with van der Waals surface area (Å²) in [5.41, 5.74) is 1.92. The van der Waals surface area contributed by atoms with Gasteiger partial charge in [-0.1, -0.05) is 0 Å². The summed E-state index contributed by atoms with van der Waals surface area (Å²) in [6, 6.07) is 1.59. The number of likely N-dealkylation sites (tertiary alicyclic amines) is 1. The Morgan fingerprint density at radius 1 is 1.36 bits per heavy atom. The van der Waals surface area contributed by atoms with Crippen LogP contribution in [0.3, 0.4) is 0 Å². The molecule has 0 bridgehead atoms. The molecule has 0 radical (unpaired) electrons. The van der Waals surface area contributed by atoms with Crippen molar-refractivity contribution in [3.63, 3.8) is 0 Å². The molecular weight excluding hydrogens is 320 g/mol. The van der Waals surface area contributed by atoms with Crippen LogP contribution < -0.4 is 0 Å². The van der Waals surface area contributed by atoms with E-state index in [-0.39, 0.29) is 30.2 Å². The highest BCUT2D eigenvalue weighted by Crippen LogP contribution is 2.39. The second-order valence-corrected chi connectivity index (χ2v) is 6.60. The van der Waals surface area contributed by atoms with Gasteiger partial charge in [0.25, 0.3) is 0 Å². The SMILES string of the molecule is Cc1c([C@@H]2[C@@H](C(=O)N(C)CCn3cccn3)CC(=O)N2C)cnn1C. The van der Waals surface area contributed by atoms with Crippen molar-refractivity contribution in [1.82, 2.24) is 29.4 Å². The molecule has 0 spiro atoms. The van der Waals surface area contributed by atoms with E-state index < -0.39 is 0 Å². The number of hydrogen-bond acceptors (Lipinski definition) is 4. The first-order valence-electron chi connectivity index (χ1n) is 8.36. The van der Waals surface area contributed by atoms with E-state index in [0.29, 0.717) is 13.1 Å². The van der Waals surface area contributed by atoms with E-state index in [4.69, 9.17) is 0 Å². The fraction of sp³-hybridized carbons (Fsp3) is 0.529. The van der Waals surface area contributed by atoms with Crippen LogP contribution in [0.25, 0.3) is 0 Å². The van der Waals surface area contributed by atoms with E-state index in [9.17, 15) is 9.59 Å². The van der Waals surface area contributed by atoms with Gasteiger partial charge in [0.05, 0.1) is 24.7 Å². The highest BCUT2D eigenvalue weighted by atomic mass is 16.2. The Morgan fingerprint density at radius 3 is 2.72 bits per heavy atom. The van der Waals surface area contributed by atoms with Crippen LogP contribution in [0.15, 0.2) is 24.7 Å². The maximum absolute atomic E-state index is 13.0. The van der Waals surface area contributed by atoms with Crippen molar-refractivity contribution in [2.45, 2.75) is 25.9 Å². The molecule has 3 rings (SSSR count). The fourth-order valence-electron chi connectivity index (χ4n) is 3.40. The van der Waals surface area contributed by atoms with Crippen LogP contribution in [0.5, 0.6) is 0 Å². The minimum atomic E-state index is -0.386. The minimum absolute atomic E-state index is 0.00733. The molecule has 8 heteroatoms. The highest BCUT2D eigenvalue weighted by Gasteiger charge is 2.44. The third-order valence-electron chi connectivity index (χ3n) is 5.10. The van der Waals surface area contributed by atoms with Crippen LogP contribution in [0.4, 0.5) is 0 Å². The van der Waals surface area contributed by atoms with Crippen molar-refractivity contribution in [3.05, 3.63) is 35.9 Å². The van der Waals surface area contributed by atoms with Gasteiger partial charge in [0.15, 0.2) is 0 Å². The second kappa shape index (κ2) is 6.70. The van der Waals surface area contributed by atoms with Crippen molar-refractivity contribution in [2.75, 3.05) is 20.6 Å². The molecular formula is C17H24N6O2. The maximum Gasteiger partial charge on any atom is 0.228 e. The summed E-state index contributed by atoms with van der Waals surface area (Å²) in [5.74, 6) is -0.409. The first kappa shape index (κ1) is 17.2. The molecule has 0 unspecified atom stereocenters. The summed E-state index contributed by atoms with van der Waals surface area (Å²) >= 11 is 0. The summed E-state index contributed by atoms with van der Waals surface area (Å²) in [4.78, 5) is 28.6. The molecule has 0 saturated carbocycles. The monoisotopic (exact) mass is 344 g/mol. The summed E-state index contributed by atoms with van der Waals surface area (Å²) < 4.78 is 3.56. The number of nitrogens with zero attached hydrogens (tertiary/aromatic N) is 6. The van der Waals surface area contributed by atoms with Gasteiger partial charge in [-0.2, -0.15) is 10.2 Å². The van der Waals surface area contributed by atoms with E-state index in [1.54, 1.807) is 45.7 Å². The smallest absolute Gasteiger partial charge is 0.228 e. The predicted molar refractivity (Wildman–Crippen MR) is 91.4 cm³/mol. The number of carbonyl (C=O) groups excluding carboxylic acids is 2. The van der Waals surface area contributed by atoms with Crippen LogP contribution in [0.1, 0.15) is 23.7 Å². The van der Waals surface area contributed by atoms with Crippen LogP contribution in [-0.2, 0) is 23.2 Å². The van der Waals surface area contributed by atoms with Gasteiger partial charge >= 0.3 is 0 Å². The lowest BCUT2D eigenvalue weighted by Crippen LogP contribution is -2.37. The molecule has 2 atom stereocenters. The van der Waals surface area contributed by atoms with E-state index in [1.807, 2.05) is 26.2 Å². The third-order valence-corrected chi connectivity index (χ3v) is 5.10. The lowest BCUT2D eigenvalue weighted by Gasteiger charge is -2.27. The van der Waals surface area contributed by atoms with Crippen LogP contribution >= 0.6 is 0 Å². The van der Waals surface area contributed by atoms with Crippen molar-refractivity contribution in [1.29, 1.82) is 0 Å². The molecule has 3 heterocycles. The number of aromatic nitrogens is 4. The quantitative estimate of drug-likeness (QED) is 0.796. The molecule has 1 aliphatic rings. The van der Waals surface area contributed by atoms with Gasteiger partial charge in [-0.15, -0.1) is 0 Å². The highest BCUT2D eigenvalue weighted by molar-refractivity contribution is 5.90. The molecule has 0 aliphatic carbocycles. The summed E-state index contributed by atoms with van der Waals surface area (Å²) in [6.45, 7) is 3.14. The first-order chi connectivity index (χ1) is 11.9. The number of hydrogen-bond donors (Lipinski definition) is 0.